The first-order valence-corrected chi connectivity index (χ1v) is 19.8. The molecule has 1 spiro atoms. The maximum absolute atomic E-state index is 6.72. The summed E-state index contributed by atoms with van der Waals surface area (Å²) in [4.78, 5) is 0. The van der Waals surface area contributed by atoms with Crippen LogP contribution in [0.3, 0.4) is 0 Å². The van der Waals surface area contributed by atoms with Gasteiger partial charge in [-0.05, 0) is 120 Å². The fourth-order valence-corrected chi connectivity index (χ4v) is 11.3. The fraction of sp³-hybridized carbons (Fsp3) is 0.0189. The minimum absolute atomic E-state index is 0.369. The topological polar surface area (TPSA) is 9.23 Å². The van der Waals surface area contributed by atoms with E-state index < -0.39 is 0 Å². The van der Waals surface area contributed by atoms with Gasteiger partial charge in [0.2, 0.25) is 0 Å². The Balaban J connectivity index is 0.982. The van der Waals surface area contributed by atoms with Gasteiger partial charge in [0.05, 0.1) is 5.41 Å². The van der Waals surface area contributed by atoms with Crippen molar-refractivity contribution in [2.45, 2.75) is 5.41 Å². The molecule has 1 aliphatic heterocycles. The Morgan fingerprint density at radius 1 is 0.327 bits per heavy atom. The van der Waals surface area contributed by atoms with Crippen molar-refractivity contribution in [2.75, 3.05) is 0 Å². The SMILES string of the molecule is c1ccc2c(c1)-c1ccccc1C21c2ccccc2-c2ccc(-c3ccc4c(c3)-c3cccc5c(-c6ccc7sc8ccccc8c7c6)ccc(c35)O4)cc21. The summed E-state index contributed by atoms with van der Waals surface area (Å²) in [5.74, 6) is 1.80. The van der Waals surface area contributed by atoms with Crippen LogP contribution in [0.25, 0.3) is 86.6 Å². The quantitative estimate of drug-likeness (QED) is 0.173. The van der Waals surface area contributed by atoms with Crippen LogP contribution in [-0.2, 0) is 5.41 Å². The van der Waals surface area contributed by atoms with Gasteiger partial charge in [-0.15, -0.1) is 11.3 Å². The van der Waals surface area contributed by atoms with Gasteiger partial charge in [0.1, 0.15) is 11.5 Å². The molecule has 2 aliphatic carbocycles. The van der Waals surface area contributed by atoms with E-state index >= 15 is 0 Å². The minimum atomic E-state index is -0.369. The van der Waals surface area contributed by atoms with Crippen LogP contribution in [0.5, 0.6) is 11.5 Å². The fourth-order valence-electron chi connectivity index (χ4n) is 10.2. The molecular formula is C53H30OS. The van der Waals surface area contributed by atoms with Crippen LogP contribution in [0.2, 0.25) is 0 Å². The van der Waals surface area contributed by atoms with Crippen molar-refractivity contribution in [3.05, 3.63) is 204 Å². The maximum atomic E-state index is 6.72. The van der Waals surface area contributed by atoms with Crippen LogP contribution in [0.4, 0.5) is 0 Å². The Hall–Kier alpha value is -6.74. The summed E-state index contributed by atoms with van der Waals surface area (Å²) in [6.07, 6.45) is 0. The van der Waals surface area contributed by atoms with Crippen LogP contribution in [0, 0.1) is 0 Å². The second kappa shape index (κ2) is 10.7. The van der Waals surface area contributed by atoms with E-state index in [-0.39, 0.29) is 5.41 Å². The van der Waals surface area contributed by atoms with Crippen molar-refractivity contribution < 1.29 is 4.74 Å². The number of thiophene rings is 1. The molecule has 1 nitrogen and oxygen atoms in total. The molecule has 10 aromatic rings. The molecule has 2 heterocycles. The zero-order chi connectivity index (χ0) is 35.8. The Kier molecular flexibility index (Phi) is 5.77. The van der Waals surface area contributed by atoms with Crippen molar-refractivity contribution in [1.82, 2.24) is 0 Å². The van der Waals surface area contributed by atoms with Gasteiger partial charge in [0, 0.05) is 31.1 Å². The molecule has 0 N–H and O–H groups in total. The molecule has 0 amide bonds. The van der Waals surface area contributed by atoms with Gasteiger partial charge in [0.25, 0.3) is 0 Å². The summed E-state index contributed by atoms with van der Waals surface area (Å²) >= 11 is 1.86. The van der Waals surface area contributed by atoms with Gasteiger partial charge in [-0.25, -0.2) is 0 Å². The second-order valence-electron chi connectivity index (χ2n) is 15.1. The van der Waals surface area contributed by atoms with Gasteiger partial charge < -0.3 is 4.74 Å². The van der Waals surface area contributed by atoms with E-state index in [0.717, 1.165) is 17.1 Å². The van der Waals surface area contributed by atoms with E-state index in [0.29, 0.717) is 0 Å². The van der Waals surface area contributed by atoms with Crippen LogP contribution >= 0.6 is 11.3 Å². The summed E-state index contributed by atoms with van der Waals surface area (Å²) < 4.78 is 9.37. The highest BCUT2D eigenvalue weighted by atomic mass is 32.1. The van der Waals surface area contributed by atoms with E-state index in [4.69, 9.17) is 4.74 Å². The first kappa shape index (κ1) is 29.7. The van der Waals surface area contributed by atoms with E-state index in [1.54, 1.807) is 0 Å². The van der Waals surface area contributed by atoms with Gasteiger partial charge in [-0.1, -0.05) is 140 Å². The number of ether oxygens (including phenoxy) is 1. The smallest absolute Gasteiger partial charge is 0.135 e. The molecule has 254 valence electrons. The zero-order valence-electron chi connectivity index (χ0n) is 29.6. The molecule has 0 atom stereocenters. The lowest BCUT2D eigenvalue weighted by Gasteiger charge is -2.30. The second-order valence-corrected chi connectivity index (χ2v) is 16.2. The third-order valence-corrected chi connectivity index (χ3v) is 13.7. The summed E-state index contributed by atoms with van der Waals surface area (Å²) in [7, 11) is 0. The molecule has 2 heteroatoms. The highest BCUT2D eigenvalue weighted by Crippen LogP contribution is 2.63. The number of benzene rings is 9. The van der Waals surface area contributed by atoms with E-state index in [9.17, 15) is 0 Å². The molecule has 0 radical (unpaired) electrons. The normalized spacial score (nSPS) is 13.7. The first-order chi connectivity index (χ1) is 27.3. The average molecular weight is 715 g/mol. The molecule has 0 bridgehead atoms. The van der Waals surface area contributed by atoms with Gasteiger partial charge in [-0.3, -0.25) is 0 Å². The van der Waals surface area contributed by atoms with E-state index in [1.807, 2.05) is 11.3 Å². The van der Waals surface area contributed by atoms with Crippen LogP contribution in [0.15, 0.2) is 182 Å². The van der Waals surface area contributed by atoms with Gasteiger partial charge >= 0.3 is 0 Å². The first-order valence-electron chi connectivity index (χ1n) is 19.0. The lowest BCUT2D eigenvalue weighted by molar-refractivity contribution is 0.487. The molecule has 55 heavy (non-hydrogen) atoms. The zero-order valence-corrected chi connectivity index (χ0v) is 30.5. The van der Waals surface area contributed by atoms with E-state index in [2.05, 4.69) is 182 Å². The summed E-state index contributed by atoms with van der Waals surface area (Å²) in [6.45, 7) is 0. The predicted octanol–water partition coefficient (Wildman–Crippen LogP) is 14.7. The Morgan fingerprint density at radius 3 is 1.67 bits per heavy atom. The average Bonchev–Trinajstić information content (AvgIpc) is 3.87. The predicted molar refractivity (Wildman–Crippen MR) is 230 cm³/mol. The molecule has 9 aromatic carbocycles. The molecule has 0 unspecified atom stereocenters. The lowest BCUT2D eigenvalue weighted by Crippen LogP contribution is -2.25. The molecule has 0 saturated carbocycles. The van der Waals surface area contributed by atoms with Crippen molar-refractivity contribution in [2.24, 2.45) is 0 Å². The minimum Gasteiger partial charge on any atom is -0.456 e. The third-order valence-electron chi connectivity index (χ3n) is 12.5. The lowest BCUT2D eigenvalue weighted by atomic mass is 9.70. The van der Waals surface area contributed by atoms with Crippen molar-refractivity contribution in [3.63, 3.8) is 0 Å². The summed E-state index contributed by atoms with van der Waals surface area (Å²) in [5, 5.41) is 5.01. The Labute approximate surface area is 322 Å². The maximum Gasteiger partial charge on any atom is 0.135 e. The molecule has 0 fully saturated rings. The van der Waals surface area contributed by atoms with Crippen molar-refractivity contribution >= 4 is 42.3 Å². The summed E-state index contributed by atoms with van der Waals surface area (Å²) in [5.41, 5.74) is 17.5. The van der Waals surface area contributed by atoms with Crippen molar-refractivity contribution in [1.29, 1.82) is 0 Å². The monoisotopic (exact) mass is 714 g/mol. The largest absolute Gasteiger partial charge is 0.456 e. The van der Waals surface area contributed by atoms with Crippen LogP contribution in [0.1, 0.15) is 22.3 Å². The highest BCUT2D eigenvalue weighted by Gasteiger charge is 2.51. The van der Waals surface area contributed by atoms with Crippen molar-refractivity contribution in [3.8, 4) is 67.1 Å². The number of fused-ring (bicyclic) bond motifs is 15. The number of hydrogen-bond donors (Lipinski definition) is 0. The molecule has 1 aromatic heterocycles. The van der Waals surface area contributed by atoms with Crippen LogP contribution in [-0.4, -0.2) is 0 Å². The highest BCUT2D eigenvalue weighted by molar-refractivity contribution is 7.25. The number of hydrogen-bond acceptors (Lipinski definition) is 2. The Morgan fingerprint density at radius 2 is 0.891 bits per heavy atom. The summed E-state index contributed by atoms with van der Waals surface area (Å²) in [6, 6.07) is 67.7. The van der Waals surface area contributed by atoms with Gasteiger partial charge in [0.15, 0.2) is 0 Å². The van der Waals surface area contributed by atoms with Gasteiger partial charge in [-0.2, -0.15) is 0 Å². The number of rotatable bonds is 2. The molecule has 3 aliphatic rings. The Bertz CT molecular complexity index is 3240. The van der Waals surface area contributed by atoms with Crippen LogP contribution < -0.4 is 4.74 Å². The molecule has 13 rings (SSSR count). The van der Waals surface area contributed by atoms with E-state index in [1.165, 1.54) is 103 Å². The molecular weight excluding hydrogens is 685 g/mol. The standard InChI is InChI=1S/C53H30OS/c1-5-16-44-35(10-1)36-11-2-6-17-45(36)53(44)46-18-7-3-12-37(46)38-23-20-32(30-47(38)53)31-21-25-48-42(28-31)41-15-9-14-40-34(24-26-49(54-48)52(40)41)33-22-27-51-43(29-33)39-13-4-8-19-50(39)55-51/h1-30H. The third kappa shape index (κ3) is 3.82. The molecule has 0 saturated heterocycles.